The van der Waals surface area contributed by atoms with Crippen LogP contribution in [0, 0.1) is 0 Å². The smallest absolute Gasteiger partial charge is 0.109 e. The van der Waals surface area contributed by atoms with E-state index in [-0.39, 0.29) is 0 Å². The minimum absolute atomic E-state index is 0.563. The molecular weight excluding hydrogens is 170 g/mol. The summed E-state index contributed by atoms with van der Waals surface area (Å²) in [6, 6.07) is 11.1. The maximum absolute atomic E-state index is 3.92. The molecule has 0 aromatic heterocycles. The zero-order valence-corrected chi connectivity index (χ0v) is 9.40. The molecule has 0 aliphatic heterocycles. The van der Waals surface area contributed by atoms with Gasteiger partial charge >= 0.3 is 0 Å². The molecule has 76 valence electrons. The summed E-state index contributed by atoms with van der Waals surface area (Å²) in [7, 11) is 2.21. The lowest BCUT2D eigenvalue weighted by Gasteiger charge is -2.34. The first-order chi connectivity index (χ1) is 6.58. The van der Waals surface area contributed by atoms with Crippen molar-refractivity contribution >= 4 is 0 Å². The van der Waals surface area contributed by atoms with Crippen molar-refractivity contribution in [1.82, 2.24) is 0 Å². The maximum atomic E-state index is 3.92. The van der Waals surface area contributed by atoms with Crippen molar-refractivity contribution in [3.05, 3.63) is 48.7 Å². The molecule has 0 amide bonds. The van der Waals surface area contributed by atoms with Crippen LogP contribution >= 0.6 is 0 Å². The van der Waals surface area contributed by atoms with Crippen LogP contribution in [0.25, 0.3) is 0 Å². The monoisotopic (exact) mass is 190 g/mol. The van der Waals surface area contributed by atoms with Gasteiger partial charge in [0.1, 0.15) is 6.54 Å². The van der Waals surface area contributed by atoms with Crippen LogP contribution in [0.15, 0.2) is 43.1 Å². The van der Waals surface area contributed by atoms with E-state index < -0.39 is 0 Å². The molecule has 0 saturated heterocycles. The lowest BCUT2D eigenvalue weighted by atomic mass is 10.1. The molecule has 0 N–H and O–H groups in total. The number of nitrogens with zero attached hydrogens (tertiary/aromatic N) is 1. The normalized spacial score (nSPS) is 15.1. The molecule has 1 aromatic rings. The van der Waals surface area contributed by atoms with Crippen molar-refractivity contribution in [2.45, 2.75) is 26.4 Å². The number of benzene rings is 1. The van der Waals surface area contributed by atoms with E-state index in [0.717, 1.165) is 11.0 Å². The first-order valence-corrected chi connectivity index (χ1v) is 5.11. The largest absolute Gasteiger partial charge is 0.295 e. The highest BCUT2D eigenvalue weighted by atomic mass is 15.3. The van der Waals surface area contributed by atoms with Crippen molar-refractivity contribution in [1.29, 1.82) is 0 Å². The van der Waals surface area contributed by atoms with Crippen molar-refractivity contribution in [2.75, 3.05) is 7.05 Å². The van der Waals surface area contributed by atoms with Crippen LogP contribution < -0.4 is 0 Å². The van der Waals surface area contributed by atoms with Gasteiger partial charge in [-0.25, -0.2) is 0 Å². The Morgan fingerprint density at radius 3 is 2.29 bits per heavy atom. The summed E-state index contributed by atoms with van der Waals surface area (Å²) in [6.07, 6.45) is 2.03. The Morgan fingerprint density at radius 1 is 1.29 bits per heavy atom. The first kappa shape index (κ1) is 11.0. The fourth-order valence-electron chi connectivity index (χ4n) is 1.43. The summed E-state index contributed by atoms with van der Waals surface area (Å²) >= 11 is 0. The molecule has 0 heterocycles. The highest BCUT2D eigenvalue weighted by Crippen LogP contribution is 2.16. The van der Waals surface area contributed by atoms with Gasteiger partial charge in [-0.3, -0.25) is 4.48 Å². The van der Waals surface area contributed by atoms with Crippen LogP contribution in [-0.2, 0) is 6.54 Å². The van der Waals surface area contributed by atoms with Crippen LogP contribution in [0.4, 0.5) is 0 Å². The predicted octanol–water partition coefficient (Wildman–Crippen LogP) is 3.19. The maximum Gasteiger partial charge on any atom is 0.109 e. The average molecular weight is 190 g/mol. The molecule has 0 spiro atoms. The highest BCUT2D eigenvalue weighted by Gasteiger charge is 2.22. The molecule has 0 aliphatic carbocycles. The summed E-state index contributed by atoms with van der Waals surface area (Å²) in [4.78, 5) is 0. The lowest BCUT2D eigenvalue weighted by molar-refractivity contribution is -0.894. The lowest BCUT2D eigenvalue weighted by Crippen LogP contribution is -2.43. The van der Waals surface area contributed by atoms with E-state index in [1.165, 1.54) is 5.56 Å². The Morgan fingerprint density at radius 2 is 1.86 bits per heavy atom. The summed E-state index contributed by atoms with van der Waals surface area (Å²) < 4.78 is 0.879. The van der Waals surface area contributed by atoms with Crippen molar-refractivity contribution in [3.8, 4) is 0 Å². The topological polar surface area (TPSA) is 0 Å². The van der Waals surface area contributed by atoms with Gasteiger partial charge in [-0.15, -0.1) is 0 Å². The minimum atomic E-state index is 0.563. The molecule has 1 unspecified atom stereocenters. The van der Waals surface area contributed by atoms with E-state index in [1.807, 2.05) is 6.20 Å². The number of hydrogen-bond donors (Lipinski definition) is 0. The van der Waals surface area contributed by atoms with E-state index in [9.17, 15) is 0 Å². The van der Waals surface area contributed by atoms with Gasteiger partial charge in [0.15, 0.2) is 0 Å². The molecule has 1 atom stereocenters. The summed E-state index contributed by atoms with van der Waals surface area (Å²) in [6.45, 7) is 9.39. The van der Waals surface area contributed by atoms with Crippen molar-refractivity contribution in [2.24, 2.45) is 0 Å². The zero-order chi connectivity index (χ0) is 10.6. The molecule has 1 aromatic carbocycles. The molecule has 1 rings (SSSR count). The van der Waals surface area contributed by atoms with Gasteiger partial charge in [0.05, 0.1) is 19.3 Å². The van der Waals surface area contributed by atoms with Crippen LogP contribution in [0.1, 0.15) is 19.4 Å². The zero-order valence-electron chi connectivity index (χ0n) is 9.40. The highest BCUT2D eigenvalue weighted by molar-refractivity contribution is 5.13. The second-order valence-corrected chi connectivity index (χ2v) is 4.27. The number of hydrogen-bond acceptors (Lipinski definition) is 0. The minimum Gasteiger partial charge on any atom is -0.295 e. The summed E-state index contributed by atoms with van der Waals surface area (Å²) in [5.74, 6) is 0. The van der Waals surface area contributed by atoms with Gasteiger partial charge in [0.25, 0.3) is 0 Å². The number of rotatable bonds is 4. The molecule has 1 heteroatoms. The second kappa shape index (κ2) is 4.43. The molecular formula is C13H20N+. The SMILES string of the molecule is C=C[N+](C)(Cc1ccccc1)C(C)C. The van der Waals surface area contributed by atoms with Crippen LogP contribution in [0.2, 0.25) is 0 Å². The molecule has 0 saturated carbocycles. The Kier molecular flexibility index (Phi) is 3.48. The van der Waals surface area contributed by atoms with Crippen LogP contribution in [0.5, 0.6) is 0 Å². The third-order valence-corrected chi connectivity index (χ3v) is 2.96. The van der Waals surface area contributed by atoms with Crippen molar-refractivity contribution < 1.29 is 4.48 Å². The Labute approximate surface area is 87.3 Å². The van der Waals surface area contributed by atoms with E-state index in [2.05, 4.69) is 57.8 Å². The van der Waals surface area contributed by atoms with Gasteiger partial charge in [0.2, 0.25) is 0 Å². The quantitative estimate of drug-likeness (QED) is 0.640. The summed E-state index contributed by atoms with van der Waals surface area (Å²) in [5, 5.41) is 0. The van der Waals surface area contributed by atoms with Gasteiger partial charge in [-0.1, -0.05) is 30.3 Å². The van der Waals surface area contributed by atoms with Gasteiger partial charge in [0, 0.05) is 5.56 Å². The van der Waals surface area contributed by atoms with Crippen molar-refractivity contribution in [3.63, 3.8) is 0 Å². The Bertz CT molecular complexity index is 289. The standard InChI is InChI=1S/C13H20N/c1-5-14(4,12(2)3)11-13-9-7-6-8-10-13/h5-10,12H,1,11H2,2-4H3/q+1. The molecule has 0 fully saturated rings. The summed E-state index contributed by atoms with van der Waals surface area (Å²) in [5.41, 5.74) is 1.36. The predicted molar refractivity (Wildman–Crippen MR) is 61.7 cm³/mol. The Hall–Kier alpha value is -1.08. The first-order valence-electron chi connectivity index (χ1n) is 5.11. The van der Waals surface area contributed by atoms with Crippen LogP contribution in [0.3, 0.4) is 0 Å². The van der Waals surface area contributed by atoms with E-state index in [1.54, 1.807) is 0 Å². The number of quaternary nitrogens is 1. The molecule has 0 aliphatic rings. The van der Waals surface area contributed by atoms with Gasteiger partial charge in [-0.2, -0.15) is 0 Å². The molecule has 14 heavy (non-hydrogen) atoms. The molecule has 0 bridgehead atoms. The van der Waals surface area contributed by atoms with E-state index in [4.69, 9.17) is 0 Å². The van der Waals surface area contributed by atoms with Gasteiger partial charge < -0.3 is 0 Å². The third-order valence-electron chi connectivity index (χ3n) is 2.96. The Balaban J connectivity index is 2.81. The fraction of sp³-hybridized carbons (Fsp3) is 0.385. The second-order valence-electron chi connectivity index (χ2n) is 4.27. The fourth-order valence-corrected chi connectivity index (χ4v) is 1.43. The van der Waals surface area contributed by atoms with Gasteiger partial charge in [-0.05, 0) is 20.4 Å². The average Bonchev–Trinajstić information content (AvgIpc) is 2.19. The molecule has 0 radical (unpaired) electrons. The molecule has 1 nitrogen and oxygen atoms in total. The van der Waals surface area contributed by atoms with E-state index in [0.29, 0.717) is 6.04 Å². The van der Waals surface area contributed by atoms with Crippen LogP contribution in [-0.4, -0.2) is 17.6 Å². The third kappa shape index (κ3) is 2.46. The van der Waals surface area contributed by atoms with E-state index >= 15 is 0 Å².